The van der Waals surface area contributed by atoms with Crippen LogP contribution in [0.1, 0.15) is 66.2 Å². The monoisotopic (exact) mass is 574 g/mol. The molecule has 0 radical (unpaired) electrons. The van der Waals surface area contributed by atoms with Crippen LogP contribution in [0, 0.1) is 22.7 Å². The fraction of sp³-hybridized carbons (Fsp3) is 0.750. The van der Waals surface area contributed by atoms with Gasteiger partial charge >= 0.3 is 11.9 Å². The molecule has 0 saturated carbocycles. The molecule has 0 aromatic carbocycles. The van der Waals surface area contributed by atoms with E-state index in [1.54, 1.807) is 6.92 Å². The SMILES string of the molecule is CC(C)CC(NC(=O)C(N)CCCNC(=N)N)C(=O)O.CCC(C)C(NC(=O)C(N)CCCNC(=N)N)C(=O)O. The first-order chi connectivity index (χ1) is 18.5. The van der Waals surface area contributed by atoms with Gasteiger partial charge in [-0.3, -0.25) is 20.4 Å². The van der Waals surface area contributed by atoms with Crippen molar-refractivity contribution in [1.82, 2.24) is 21.3 Å². The maximum absolute atomic E-state index is 11.8. The van der Waals surface area contributed by atoms with Crippen LogP contribution in [-0.2, 0) is 19.2 Å². The lowest BCUT2D eigenvalue weighted by Gasteiger charge is -2.22. The van der Waals surface area contributed by atoms with Crippen molar-refractivity contribution in [3.63, 3.8) is 0 Å². The number of hydrogen-bond acceptors (Lipinski definition) is 8. The number of amides is 2. The predicted molar refractivity (Wildman–Crippen MR) is 152 cm³/mol. The van der Waals surface area contributed by atoms with Gasteiger partial charge in [0.15, 0.2) is 11.9 Å². The highest BCUT2D eigenvalue weighted by atomic mass is 16.4. The van der Waals surface area contributed by atoms with Crippen molar-refractivity contribution in [2.24, 2.45) is 34.8 Å². The third kappa shape index (κ3) is 19.4. The topological polar surface area (TPSA) is 309 Å². The van der Waals surface area contributed by atoms with Gasteiger partial charge < -0.3 is 54.4 Å². The van der Waals surface area contributed by atoms with E-state index in [1.165, 1.54) is 0 Å². The smallest absolute Gasteiger partial charge is 0.326 e. The van der Waals surface area contributed by atoms with Gasteiger partial charge in [0.25, 0.3) is 0 Å². The van der Waals surface area contributed by atoms with Crippen molar-refractivity contribution >= 4 is 35.7 Å². The average Bonchev–Trinajstić information content (AvgIpc) is 2.85. The first-order valence-electron chi connectivity index (χ1n) is 13.3. The van der Waals surface area contributed by atoms with E-state index in [2.05, 4.69) is 21.3 Å². The normalized spacial score (nSPS) is 14.3. The standard InChI is InChI=1S/2C12H25N5O3/c1-7(2)6-9(11(19)20)17-10(18)8(13)4-3-5-16-12(14)15;1-3-7(2)9(11(19)20)17-10(18)8(13)5-4-6-16-12(14)15/h2*7-9H,3-6,13H2,1-2H3,(H,17,18)(H,19,20)(H4,14,15,16). The van der Waals surface area contributed by atoms with E-state index in [0.29, 0.717) is 51.6 Å². The Morgan fingerprint density at radius 3 is 1.52 bits per heavy atom. The number of aliphatic carboxylic acids is 2. The summed E-state index contributed by atoms with van der Waals surface area (Å²) in [7, 11) is 0. The molecule has 16 nitrogen and oxygen atoms in total. The molecule has 16 heteroatoms. The van der Waals surface area contributed by atoms with Crippen LogP contribution in [-0.4, -0.2) is 83.1 Å². The Hall–Kier alpha value is -3.66. The molecular weight excluding hydrogens is 524 g/mol. The lowest BCUT2D eigenvalue weighted by atomic mass is 9.98. The second-order valence-electron chi connectivity index (χ2n) is 9.92. The maximum Gasteiger partial charge on any atom is 0.326 e. The minimum Gasteiger partial charge on any atom is -0.480 e. The van der Waals surface area contributed by atoms with Crippen molar-refractivity contribution in [2.45, 2.75) is 90.4 Å². The molecular formula is C24H50N10O6. The summed E-state index contributed by atoms with van der Waals surface area (Å²) in [4.78, 5) is 45.7. The quantitative estimate of drug-likeness (QED) is 0.0499. The van der Waals surface area contributed by atoms with Crippen molar-refractivity contribution < 1.29 is 29.4 Å². The number of carbonyl (C=O) groups is 4. The molecule has 16 N–H and O–H groups in total. The first-order valence-corrected chi connectivity index (χ1v) is 13.3. The van der Waals surface area contributed by atoms with E-state index >= 15 is 0 Å². The van der Waals surface area contributed by atoms with Gasteiger partial charge in [0.1, 0.15) is 12.1 Å². The highest BCUT2D eigenvalue weighted by Gasteiger charge is 2.27. The molecule has 2 amide bonds. The fourth-order valence-corrected chi connectivity index (χ4v) is 3.27. The molecule has 232 valence electrons. The van der Waals surface area contributed by atoms with Gasteiger partial charge in [0, 0.05) is 13.1 Å². The molecule has 0 aromatic heterocycles. The van der Waals surface area contributed by atoms with Gasteiger partial charge in [-0.15, -0.1) is 0 Å². The second-order valence-corrected chi connectivity index (χ2v) is 9.92. The molecule has 5 unspecified atom stereocenters. The van der Waals surface area contributed by atoms with E-state index in [0.717, 1.165) is 0 Å². The third-order valence-electron chi connectivity index (χ3n) is 5.79. The summed E-state index contributed by atoms with van der Waals surface area (Å²) in [5, 5.41) is 42.1. The van der Waals surface area contributed by atoms with Crippen LogP contribution in [0.2, 0.25) is 0 Å². The van der Waals surface area contributed by atoms with E-state index in [-0.39, 0.29) is 23.8 Å². The molecule has 0 aliphatic carbocycles. The summed E-state index contributed by atoms with van der Waals surface area (Å²) < 4.78 is 0. The molecule has 0 saturated heterocycles. The number of guanidine groups is 2. The van der Waals surface area contributed by atoms with Crippen LogP contribution in [0.3, 0.4) is 0 Å². The summed E-state index contributed by atoms with van der Waals surface area (Å²) in [6.07, 6.45) is 2.92. The molecule has 40 heavy (non-hydrogen) atoms. The van der Waals surface area contributed by atoms with Gasteiger partial charge in [0.05, 0.1) is 12.1 Å². The largest absolute Gasteiger partial charge is 0.480 e. The van der Waals surface area contributed by atoms with E-state index < -0.39 is 47.9 Å². The molecule has 5 atom stereocenters. The number of carboxylic acid groups (broad SMARTS) is 2. The molecule has 0 bridgehead atoms. The lowest BCUT2D eigenvalue weighted by Crippen LogP contribution is -2.51. The molecule has 0 rings (SSSR count). The average molecular weight is 575 g/mol. The predicted octanol–water partition coefficient (Wildman–Crippen LogP) is -1.62. The number of nitrogens with one attached hydrogen (secondary N) is 6. The van der Waals surface area contributed by atoms with Gasteiger partial charge in [-0.25, -0.2) is 9.59 Å². The maximum atomic E-state index is 11.8. The van der Waals surface area contributed by atoms with Crippen LogP contribution in [0.5, 0.6) is 0 Å². The van der Waals surface area contributed by atoms with Crippen LogP contribution < -0.4 is 44.2 Å². The Bertz CT molecular complexity index is 826. The Balaban J connectivity index is 0. The summed E-state index contributed by atoms with van der Waals surface area (Å²) in [6, 6.07) is -3.37. The minimum absolute atomic E-state index is 0.133. The molecule has 0 aromatic rings. The highest BCUT2D eigenvalue weighted by Crippen LogP contribution is 2.09. The Kier molecular flexibility index (Phi) is 20.4. The molecule has 0 heterocycles. The van der Waals surface area contributed by atoms with Crippen LogP contribution >= 0.6 is 0 Å². The number of rotatable bonds is 18. The van der Waals surface area contributed by atoms with E-state index in [4.69, 9.17) is 44.0 Å². The number of carboxylic acids is 2. The van der Waals surface area contributed by atoms with E-state index in [9.17, 15) is 19.2 Å². The van der Waals surface area contributed by atoms with Crippen LogP contribution in [0.25, 0.3) is 0 Å². The van der Waals surface area contributed by atoms with Crippen molar-refractivity contribution in [1.29, 1.82) is 10.8 Å². The van der Waals surface area contributed by atoms with Gasteiger partial charge in [-0.2, -0.15) is 0 Å². The Morgan fingerprint density at radius 2 is 1.20 bits per heavy atom. The fourth-order valence-electron chi connectivity index (χ4n) is 3.27. The minimum atomic E-state index is -1.06. The second kappa shape index (κ2) is 21.2. The summed E-state index contributed by atoms with van der Waals surface area (Å²) in [5.41, 5.74) is 21.6. The van der Waals surface area contributed by atoms with Crippen LogP contribution in [0.15, 0.2) is 0 Å². The zero-order valence-corrected chi connectivity index (χ0v) is 24.0. The summed E-state index contributed by atoms with van der Waals surface area (Å²) in [6.45, 7) is 8.29. The lowest BCUT2D eigenvalue weighted by molar-refractivity contribution is -0.143. The van der Waals surface area contributed by atoms with Gasteiger partial charge in [-0.1, -0.05) is 34.1 Å². The molecule has 0 aliphatic rings. The van der Waals surface area contributed by atoms with Crippen LogP contribution in [0.4, 0.5) is 0 Å². The number of hydrogen-bond donors (Lipinski definition) is 12. The molecule has 0 spiro atoms. The Labute approximate surface area is 235 Å². The zero-order chi connectivity index (χ0) is 31.4. The van der Waals surface area contributed by atoms with E-state index in [1.807, 2.05) is 20.8 Å². The summed E-state index contributed by atoms with van der Waals surface area (Å²) in [5.74, 6) is -3.33. The van der Waals surface area contributed by atoms with Crippen molar-refractivity contribution in [2.75, 3.05) is 13.1 Å². The third-order valence-corrected chi connectivity index (χ3v) is 5.79. The molecule has 0 fully saturated rings. The van der Waals surface area contributed by atoms with Crippen molar-refractivity contribution in [3.05, 3.63) is 0 Å². The Morgan fingerprint density at radius 1 is 0.775 bits per heavy atom. The van der Waals surface area contributed by atoms with Gasteiger partial charge in [-0.05, 0) is 43.9 Å². The summed E-state index contributed by atoms with van der Waals surface area (Å²) >= 11 is 0. The molecule has 0 aliphatic heterocycles. The number of carbonyl (C=O) groups excluding carboxylic acids is 2. The highest BCUT2D eigenvalue weighted by molar-refractivity contribution is 5.87. The number of nitrogens with two attached hydrogens (primary N) is 4. The van der Waals surface area contributed by atoms with Gasteiger partial charge in [0.2, 0.25) is 11.8 Å². The van der Waals surface area contributed by atoms with Crippen molar-refractivity contribution in [3.8, 4) is 0 Å². The zero-order valence-electron chi connectivity index (χ0n) is 24.0. The first kappa shape index (κ1) is 38.5.